The largest absolute Gasteiger partial charge is 0.471 e. The zero-order chi connectivity index (χ0) is 12.3. The van der Waals surface area contributed by atoms with E-state index in [4.69, 9.17) is 10.5 Å². The molecule has 1 aromatic heterocycles. The van der Waals surface area contributed by atoms with Crippen molar-refractivity contribution in [1.29, 1.82) is 0 Å². The minimum Gasteiger partial charge on any atom is -0.471 e. The molecule has 1 fully saturated rings. The maximum atomic E-state index is 5.94. The summed E-state index contributed by atoms with van der Waals surface area (Å²) in [6.07, 6.45) is 7.93. The third-order valence-electron chi connectivity index (χ3n) is 3.30. The van der Waals surface area contributed by atoms with Gasteiger partial charge in [0.1, 0.15) is 18.1 Å². The molecule has 0 aliphatic heterocycles. The Morgan fingerprint density at radius 1 is 1.35 bits per heavy atom. The Morgan fingerprint density at radius 3 is 2.82 bits per heavy atom. The van der Waals surface area contributed by atoms with Crippen LogP contribution in [0, 0.1) is 0 Å². The van der Waals surface area contributed by atoms with Gasteiger partial charge in [0.15, 0.2) is 0 Å². The van der Waals surface area contributed by atoms with Crippen LogP contribution in [0.2, 0.25) is 0 Å². The highest BCUT2D eigenvalue weighted by atomic mass is 16.5. The van der Waals surface area contributed by atoms with Gasteiger partial charge in [0.2, 0.25) is 5.88 Å². The summed E-state index contributed by atoms with van der Waals surface area (Å²) in [6, 6.07) is 0.443. The van der Waals surface area contributed by atoms with Crippen LogP contribution in [0.5, 0.6) is 5.88 Å². The Kier molecular flexibility index (Phi) is 3.78. The number of nitrogens with two attached hydrogens (primary N) is 1. The number of hydrogen-bond donors (Lipinski definition) is 1. The van der Waals surface area contributed by atoms with Crippen LogP contribution in [0.4, 0.5) is 5.69 Å². The summed E-state index contributed by atoms with van der Waals surface area (Å²) < 4.78 is 5.94. The van der Waals surface area contributed by atoms with Crippen molar-refractivity contribution in [2.75, 3.05) is 19.8 Å². The van der Waals surface area contributed by atoms with E-state index in [1.54, 1.807) is 6.20 Å². The number of aromatic nitrogens is 2. The van der Waals surface area contributed by atoms with Crippen LogP contribution in [0.1, 0.15) is 25.7 Å². The summed E-state index contributed by atoms with van der Waals surface area (Å²) >= 11 is 0. The molecule has 0 radical (unpaired) electrons. The molecule has 1 aromatic rings. The molecule has 1 saturated carbocycles. The molecule has 94 valence electrons. The summed E-state index contributed by atoms with van der Waals surface area (Å²) in [5, 5.41) is 0. The maximum Gasteiger partial charge on any atom is 0.240 e. The van der Waals surface area contributed by atoms with E-state index in [0.717, 1.165) is 6.42 Å². The predicted octanol–water partition coefficient (Wildman–Crippen LogP) is 1.31. The maximum absolute atomic E-state index is 5.94. The van der Waals surface area contributed by atoms with E-state index in [9.17, 15) is 0 Å². The highest BCUT2D eigenvalue weighted by Crippen LogP contribution is 2.27. The van der Waals surface area contributed by atoms with Crippen molar-refractivity contribution in [3.8, 4) is 5.88 Å². The molecular formula is C12H20N4O. The lowest BCUT2D eigenvalue weighted by atomic mass is 9.92. The van der Waals surface area contributed by atoms with Gasteiger partial charge in [0.25, 0.3) is 0 Å². The Labute approximate surface area is 102 Å². The predicted molar refractivity (Wildman–Crippen MR) is 66.8 cm³/mol. The molecule has 0 amide bonds. The molecule has 2 rings (SSSR count). The van der Waals surface area contributed by atoms with Crippen LogP contribution in [0.25, 0.3) is 0 Å². The molecule has 1 aliphatic rings. The molecule has 1 aliphatic carbocycles. The molecule has 0 spiro atoms. The molecule has 2 unspecified atom stereocenters. The lowest BCUT2D eigenvalue weighted by molar-refractivity contribution is 0.0593. The molecule has 0 saturated heterocycles. The van der Waals surface area contributed by atoms with Gasteiger partial charge in [0, 0.05) is 6.04 Å². The first-order valence-corrected chi connectivity index (χ1v) is 6.07. The van der Waals surface area contributed by atoms with E-state index >= 15 is 0 Å². The first kappa shape index (κ1) is 12.1. The summed E-state index contributed by atoms with van der Waals surface area (Å²) in [7, 11) is 4.19. The van der Waals surface area contributed by atoms with Gasteiger partial charge < -0.3 is 15.4 Å². The Balaban J connectivity index is 2.08. The van der Waals surface area contributed by atoms with Crippen LogP contribution in [0.3, 0.4) is 0 Å². The highest BCUT2D eigenvalue weighted by Gasteiger charge is 2.29. The van der Waals surface area contributed by atoms with E-state index in [1.807, 2.05) is 0 Å². The van der Waals surface area contributed by atoms with Crippen LogP contribution < -0.4 is 10.5 Å². The van der Waals surface area contributed by atoms with Gasteiger partial charge in [-0.05, 0) is 33.4 Å². The van der Waals surface area contributed by atoms with Crippen LogP contribution >= 0.6 is 0 Å². The van der Waals surface area contributed by atoms with Gasteiger partial charge in [-0.2, -0.15) is 4.98 Å². The number of anilines is 1. The lowest BCUT2D eigenvalue weighted by Crippen LogP contribution is -2.44. The zero-order valence-corrected chi connectivity index (χ0v) is 10.5. The minimum atomic E-state index is 0.177. The Hall–Kier alpha value is -1.36. The van der Waals surface area contributed by atoms with E-state index in [2.05, 4.69) is 29.0 Å². The number of ether oxygens (including phenoxy) is 1. The Morgan fingerprint density at radius 2 is 2.12 bits per heavy atom. The summed E-state index contributed by atoms with van der Waals surface area (Å²) in [4.78, 5) is 10.2. The molecule has 2 atom stereocenters. The topological polar surface area (TPSA) is 64.3 Å². The monoisotopic (exact) mass is 236 g/mol. The van der Waals surface area contributed by atoms with Gasteiger partial charge in [0.05, 0.1) is 6.20 Å². The summed E-state index contributed by atoms with van der Waals surface area (Å²) in [5.41, 5.74) is 6.31. The molecule has 17 heavy (non-hydrogen) atoms. The van der Waals surface area contributed by atoms with Crippen molar-refractivity contribution < 1.29 is 4.74 Å². The van der Waals surface area contributed by atoms with Crippen molar-refractivity contribution >= 4 is 5.69 Å². The van der Waals surface area contributed by atoms with Crippen molar-refractivity contribution in [2.45, 2.75) is 37.8 Å². The zero-order valence-electron chi connectivity index (χ0n) is 10.5. The number of nitrogen functional groups attached to an aromatic ring is 1. The second kappa shape index (κ2) is 5.31. The smallest absolute Gasteiger partial charge is 0.240 e. The number of nitrogens with zero attached hydrogens (tertiary/aromatic N) is 3. The summed E-state index contributed by atoms with van der Waals surface area (Å²) in [6.45, 7) is 0. The van der Waals surface area contributed by atoms with E-state index in [1.165, 1.54) is 25.6 Å². The fourth-order valence-corrected chi connectivity index (χ4v) is 2.38. The Bertz CT molecular complexity index is 369. The molecule has 2 N–H and O–H groups in total. The summed E-state index contributed by atoms with van der Waals surface area (Å²) in [5.74, 6) is 0.513. The lowest BCUT2D eigenvalue weighted by Gasteiger charge is -2.35. The first-order valence-electron chi connectivity index (χ1n) is 6.07. The third kappa shape index (κ3) is 2.85. The molecular weight excluding hydrogens is 216 g/mol. The average Bonchev–Trinajstić information content (AvgIpc) is 2.32. The van der Waals surface area contributed by atoms with Crippen molar-refractivity contribution in [3.05, 3.63) is 12.5 Å². The first-order chi connectivity index (χ1) is 8.18. The van der Waals surface area contributed by atoms with E-state index in [-0.39, 0.29) is 6.10 Å². The van der Waals surface area contributed by atoms with Gasteiger partial charge in [-0.1, -0.05) is 6.42 Å². The van der Waals surface area contributed by atoms with E-state index in [0.29, 0.717) is 17.6 Å². The average molecular weight is 236 g/mol. The fraction of sp³-hybridized carbons (Fsp3) is 0.667. The third-order valence-corrected chi connectivity index (χ3v) is 3.30. The van der Waals surface area contributed by atoms with E-state index < -0.39 is 0 Å². The van der Waals surface area contributed by atoms with Gasteiger partial charge in [-0.15, -0.1) is 0 Å². The van der Waals surface area contributed by atoms with Crippen LogP contribution in [-0.4, -0.2) is 41.1 Å². The van der Waals surface area contributed by atoms with Gasteiger partial charge in [-0.25, -0.2) is 4.98 Å². The minimum absolute atomic E-state index is 0.177. The normalized spacial score (nSPS) is 24.9. The number of rotatable bonds is 3. The second-order valence-electron chi connectivity index (χ2n) is 4.75. The number of hydrogen-bond acceptors (Lipinski definition) is 5. The SMILES string of the molecule is CN(C)C1CCCCC1Oc1ncncc1N. The second-order valence-corrected chi connectivity index (χ2v) is 4.75. The van der Waals surface area contributed by atoms with Gasteiger partial charge in [-0.3, -0.25) is 0 Å². The quantitative estimate of drug-likeness (QED) is 0.857. The molecule has 0 bridgehead atoms. The molecule has 5 heteroatoms. The standard InChI is InChI=1S/C12H20N4O/c1-16(2)10-5-3-4-6-11(10)17-12-9(13)7-14-8-15-12/h7-8,10-11H,3-6,13H2,1-2H3. The van der Waals surface area contributed by atoms with Crippen LogP contribution in [0.15, 0.2) is 12.5 Å². The molecule has 0 aromatic carbocycles. The van der Waals surface area contributed by atoms with Crippen molar-refractivity contribution in [2.24, 2.45) is 0 Å². The van der Waals surface area contributed by atoms with Crippen molar-refractivity contribution in [3.63, 3.8) is 0 Å². The highest BCUT2D eigenvalue weighted by molar-refractivity contribution is 5.44. The van der Waals surface area contributed by atoms with Crippen molar-refractivity contribution in [1.82, 2.24) is 14.9 Å². The van der Waals surface area contributed by atoms with Gasteiger partial charge >= 0.3 is 0 Å². The fourth-order valence-electron chi connectivity index (χ4n) is 2.38. The molecule has 5 nitrogen and oxygen atoms in total. The number of likely N-dealkylation sites (N-methyl/N-ethyl adjacent to an activating group) is 1. The van der Waals surface area contributed by atoms with Crippen LogP contribution in [-0.2, 0) is 0 Å². The molecule has 1 heterocycles.